The topological polar surface area (TPSA) is 71.4 Å². The van der Waals surface area contributed by atoms with Crippen LogP contribution in [0.3, 0.4) is 0 Å². The summed E-state index contributed by atoms with van der Waals surface area (Å²) in [5.74, 6) is -0.835. The Balaban J connectivity index is 1.90. The van der Waals surface area contributed by atoms with Gasteiger partial charge in [0.2, 0.25) is 0 Å². The summed E-state index contributed by atoms with van der Waals surface area (Å²) < 4.78 is 40.7. The molecule has 2 heterocycles. The first-order chi connectivity index (χ1) is 14.1. The third-order valence-corrected chi connectivity index (χ3v) is 5.23. The minimum absolute atomic E-state index is 0.186. The second kappa shape index (κ2) is 8.33. The number of aryl methyl sites for hydroxylation is 1. The van der Waals surface area contributed by atoms with E-state index in [1.807, 2.05) is 0 Å². The van der Waals surface area contributed by atoms with Crippen molar-refractivity contribution in [3.05, 3.63) is 63.6 Å². The van der Waals surface area contributed by atoms with E-state index < -0.39 is 28.8 Å². The highest BCUT2D eigenvalue weighted by atomic mass is 19.4. The van der Waals surface area contributed by atoms with E-state index in [2.05, 4.69) is 12.2 Å². The number of alkyl halides is 3. The normalized spacial score (nSPS) is 15.2. The molecule has 6 nitrogen and oxygen atoms in total. The molecule has 0 unspecified atom stereocenters. The minimum atomic E-state index is -4.72. The van der Waals surface area contributed by atoms with Crippen LogP contribution in [0.4, 0.5) is 18.9 Å². The molecule has 0 aliphatic carbocycles. The Bertz CT molecular complexity index is 1020. The number of amides is 2. The van der Waals surface area contributed by atoms with Gasteiger partial charge in [-0.2, -0.15) is 13.2 Å². The van der Waals surface area contributed by atoms with Crippen LogP contribution in [0.2, 0.25) is 0 Å². The van der Waals surface area contributed by atoms with Gasteiger partial charge in [0.05, 0.1) is 16.7 Å². The molecule has 160 valence electrons. The molecular weight excluding hydrogens is 399 g/mol. The van der Waals surface area contributed by atoms with Gasteiger partial charge in [-0.3, -0.25) is 14.4 Å². The number of anilines is 1. The number of hydrogen-bond acceptors (Lipinski definition) is 3. The molecule has 3 rings (SSSR count). The second-order valence-corrected chi connectivity index (χ2v) is 7.53. The highest BCUT2D eigenvalue weighted by Crippen LogP contribution is 2.32. The number of likely N-dealkylation sites (tertiary alicyclic amines) is 1. The first-order valence-electron chi connectivity index (χ1n) is 9.55. The predicted molar refractivity (Wildman–Crippen MR) is 105 cm³/mol. The van der Waals surface area contributed by atoms with Gasteiger partial charge in [-0.15, -0.1) is 0 Å². The third-order valence-electron chi connectivity index (χ3n) is 5.23. The summed E-state index contributed by atoms with van der Waals surface area (Å²) in [5.41, 5.74) is -2.40. The molecule has 1 aliphatic heterocycles. The van der Waals surface area contributed by atoms with Crippen molar-refractivity contribution in [1.82, 2.24) is 9.47 Å². The van der Waals surface area contributed by atoms with E-state index in [-0.39, 0.29) is 17.2 Å². The number of piperidine rings is 1. The lowest BCUT2D eigenvalue weighted by atomic mass is 9.99. The third kappa shape index (κ3) is 4.55. The molecule has 30 heavy (non-hydrogen) atoms. The summed E-state index contributed by atoms with van der Waals surface area (Å²) in [6.07, 6.45) is -1.62. The number of nitrogens with one attached hydrogen (secondary N) is 1. The Labute approximate surface area is 171 Å². The Morgan fingerprint density at radius 2 is 1.77 bits per heavy atom. The maximum atomic E-state index is 13.2. The van der Waals surface area contributed by atoms with Gasteiger partial charge in [-0.25, -0.2) is 0 Å². The fourth-order valence-corrected chi connectivity index (χ4v) is 3.43. The van der Waals surface area contributed by atoms with Gasteiger partial charge in [-0.05, 0) is 37.0 Å². The SMILES string of the molecule is CC1CCN(C(=O)c2cc(NC(=O)c3ccccc3C(F)(F)F)c(=O)n(C)c2)CC1. The van der Waals surface area contributed by atoms with Crippen LogP contribution in [0.1, 0.15) is 46.0 Å². The van der Waals surface area contributed by atoms with Gasteiger partial charge in [0, 0.05) is 26.3 Å². The van der Waals surface area contributed by atoms with Crippen molar-refractivity contribution >= 4 is 17.5 Å². The van der Waals surface area contributed by atoms with Crippen molar-refractivity contribution in [2.24, 2.45) is 13.0 Å². The summed E-state index contributed by atoms with van der Waals surface area (Å²) in [6.45, 7) is 3.29. The van der Waals surface area contributed by atoms with Crippen LogP contribution >= 0.6 is 0 Å². The van der Waals surface area contributed by atoms with Gasteiger partial charge in [0.1, 0.15) is 5.69 Å². The number of benzene rings is 1. The van der Waals surface area contributed by atoms with E-state index in [4.69, 9.17) is 0 Å². The van der Waals surface area contributed by atoms with Gasteiger partial charge < -0.3 is 14.8 Å². The highest BCUT2D eigenvalue weighted by molar-refractivity contribution is 6.06. The van der Waals surface area contributed by atoms with Crippen molar-refractivity contribution in [2.45, 2.75) is 25.9 Å². The van der Waals surface area contributed by atoms with E-state index >= 15 is 0 Å². The molecule has 1 aromatic carbocycles. The second-order valence-electron chi connectivity index (χ2n) is 7.53. The number of carbonyl (C=O) groups is 2. The summed E-state index contributed by atoms with van der Waals surface area (Å²) in [4.78, 5) is 39.4. The summed E-state index contributed by atoms with van der Waals surface area (Å²) in [7, 11) is 1.41. The molecule has 0 bridgehead atoms. The Morgan fingerprint density at radius 3 is 2.40 bits per heavy atom. The maximum Gasteiger partial charge on any atom is 0.417 e. The van der Waals surface area contributed by atoms with Crippen molar-refractivity contribution in [2.75, 3.05) is 18.4 Å². The molecule has 1 fully saturated rings. The fraction of sp³-hybridized carbons (Fsp3) is 0.381. The number of aromatic nitrogens is 1. The van der Waals surface area contributed by atoms with E-state index in [9.17, 15) is 27.6 Å². The molecule has 0 radical (unpaired) electrons. The van der Waals surface area contributed by atoms with Crippen LogP contribution < -0.4 is 10.9 Å². The van der Waals surface area contributed by atoms with E-state index in [1.165, 1.54) is 31.4 Å². The largest absolute Gasteiger partial charge is 0.417 e. The van der Waals surface area contributed by atoms with Crippen LogP contribution in [0.5, 0.6) is 0 Å². The van der Waals surface area contributed by atoms with Crippen LogP contribution in [-0.4, -0.2) is 34.4 Å². The molecule has 9 heteroatoms. The van der Waals surface area contributed by atoms with Crippen molar-refractivity contribution in [3.8, 4) is 0 Å². The number of carbonyl (C=O) groups excluding carboxylic acids is 2. The first kappa shape index (κ1) is 21.6. The Kier molecular flexibility index (Phi) is 6.00. The fourth-order valence-electron chi connectivity index (χ4n) is 3.43. The lowest BCUT2D eigenvalue weighted by Gasteiger charge is -2.30. The molecule has 1 saturated heterocycles. The van der Waals surface area contributed by atoms with Gasteiger partial charge >= 0.3 is 6.18 Å². The average Bonchev–Trinajstić information content (AvgIpc) is 2.70. The molecule has 1 aromatic heterocycles. The summed E-state index contributed by atoms with van der Waals surface area (Å²) in [5, 5.41) is 2.24. The standard InChI is InChI=1S/C21H22F3N3O3/c1-13-7-9-27(10-8-13)19(29)14-11-17(20(30)26(2)12-14)25-18(28)15-5-3-4-6-16(15)21(22,23)24/h3-6,11-13H,7-10H2,1-2H3,(H,25,28). The lowest BCUT2D eigenvalue weighted by molar-refractivity contribution is -0.137. The summed E-state index contributed by atoms with van der Waals surface area (Å²) in [6, 6.07) is 5.53. The van der Waals surface area contributed by atoms with Crippen LogP contribution in [-0.2, 0) is 13.2 Å². The highest BCUT2D eigenvalue weighted by Gasteiger charge is 2.35. The van der Waals surface area contributed by atoms with E-state index in [0.717, 1.165) is 29.5 Å². The first-order valence-corrected chi connectivity index (χ1v) is 9.55. The molecule has 1 aliphatic rings. The van der Waals surface area contributed by atoms with E-state index in [1.54, 1.807) is 4.90 Å². The lowest BCUT2D eigenvalue weighted by Crippen LogP contribution is -2.38. The predicted octanol–water partition coefficient (Wildman–Crippen LogP) is 3.53. The smallest absolute Gasteiger partial charge is 0.339 e. The number of rotatable bonds is 3. The molecule has 2 aromatic rings. The zero-order chi connectivity index (χ0) is 22.1. The number of nitrogens with zero attached hydrogens (tertiary/aromatic N) is 2. The Hall–Kier alpha value is -3.10. The van der Waals surface area contributed by atoms with Gasteiger partial charge in [-0.1, -0.05) is 19.1 Å². The molecule has 1 N–H and O–H groups in total. The van der Waals surface area contributed by atoms with Crippen molar-refractivity contribution in [1.29, 1.82) is 0 Å². The zero-order valence-electron chi connectivity index (χ0n) is 16.6. The average molecular weight is 421 g/mol. The quantitative estimate of drug-likeness (QED) is 0.824. The monoisotopic (exact) mass is 421 g/mol. The van der Waals surface area contributed by atoms with Gasteiger partial charge in [0.15, 0.2) is 0 Å². The zero-order valence-corrected chi connectivity index (χ0v) is 16.6. The number of pyridine rings is 1. The van der Waals surface area contributed by atoms with Crippen LogP contribution in [0.15, 0.2) is 41.3 Å². The van der Waals surface area contributed by atoms with E-state index in [0.29, 0.717) is 19.0 Å². The van der Waals surface area contributed by atoms with Crippen LogP contribution in [0.25, 0.3) is 0 Å². The summed E-state index contributed by atoms with van der Waals surface area (Å²) >= 11 is 0. The molecule has 0 spiro atoms. The molecule has 2 amide bonds. The van der Waals surface area contributed by atoms with Crippen LogP contribution in [0, 0.1) is 5.92 Å². The van der Waals surface area contributed by atoms with Gasteiger partial charge in [0.25, 0.3) is 17.4 Å². The number of hydrogen-bond donors (Lipinski definition) is 1. The molecule has 0 atom stereocenters. The molecule has 0 saturated carbocycles. The molecular formula is C21H22F3N3O3. The van der Waals surface area contributed by atoms with Crippen molar-refractivity contribution < 1.29 is 22.8 Å². The minimum Gasteiger partial charge on any atom is -0.339 e. The van der Waals surface area contributed by atoms with Crippen molar-refractivity contribution in [3.63, 3.8) is 0 Å². The number of halogens is 3. The Morgan fingerprint density at radius 1 is 1.13 bits per heavy atom. The maximum absolute atomic E-state index is 13.2.